The van der Waals surface area contributed by atoms with E-state index >= 15 is 0 Å². The van der Waals surface area contributed by atoms with Gasteiger partial charge in [0.15, 0.2) is 6.61 Å². The Morgan fingerprint density at radius 1 is 0.969 bits per heavy atom. The quantitative estimate of drug-likeness (QED) is 0.652. The zero-order chi connectivity index (χ0) is 23.1. The van der Waals surface area contributed by atoms with Gasteiger partial charge in [-0.05, 0) is 55.5 Å². The normalized spacial score (nSPS) is 14.1. The average Bonchev–Trinajstić information content (AvgIpc) is 2.79. The van der Waals surface area contributed by atoms with Crippen molar-refractivity contribution in [2.75, 3.05) is 44.1 Å². The molecular formula is C21H24ClN3O6S. The van der Waals surface area contributed by atoms with Gasteiger partial charge < -0.3 is 19.3 Å². The second kappa shape index (κ2) is 10.6. The molecule has 1 aliphatic rings. The molecule has 2 aromatic rings. The lowest BCUT2D eigenvalue weighted by Crippen LogP contribution is -2.51. The Morgan fingerprint density at radius 3 is 2.16 bits per heavy atom. The van der Waals surface area contributed by atoms with Crippen molar-refractivity contribution in [2.45, 2.75) is 11.8 Å². The summed E-state index contributed by atoms with van der Waals surface area (Å²) in [7, 11) is -3.77. The van der Waals surface area contributed by atoms with Crippen molar-refractivity contribution in [3.8, 4) is 5.75 Å². The molecule has 1 heterocycles. The highest BCUT2D eigenvalue weighted by Crippen LogP contribution is 2.20. The number of nitrogens with one attached hydrogen (secondary N) is 1. The SMILES string of the molecule is CCOC(=O)N1CCN(C(=O)COc2ccc(S(=O)(=O)Nc3ccc(Cl)cc3)cc2)CC1. The summed E-state index contributed by atoms with van der Waals surface area (Å²) < 4.78 is 37.9. The molecule has 0 spiro atoms. The summed E-state index contributed by atoms with van der Waals surface area (Å²) in [4.78, 5) is 27.3. The second-order valence-corrected chi connectivity index (χ2v) is 9.06. The van der Waals surface area contributed by atoms with Crippen LogP contribution in [-0.4, -0.2) is 69.6 Å². The number of halogens is 1. The van der Waals surface area contributed by atoms with E-state index in [2.05, 4.69) is 4.72 Å². The number of anilines is 1. The molecule has 0 radical (unpaired) electrons. The van der Waals surface area contributed by atoms with E-state index in [0.29, 0.717) is 49.2 Å². The van der Waals surface area contributed by atoms with Crippen LogP contribution >= 0.6 is 11.6 Å². The van der Waals surface area contributed by atoms with Gasteiger partial charge in [-0.1, -0.05) is 11.6 Å². The lowest BCUT2D eigenvalue weighted by molar-refractivity contribution is -0.134. The number of amides is 2. The summed E-state index contributed by atoms with van der Waals surface area (Å²) in [6.45, 7) is 3.46. The van der Waals surface area contributed by atoms with E-state index < -0.39 is 10.0 Å². The summed E-state index contributed by atoms with van der Waals surface area (Å²) in [5.41, 5.74) is 0.392. The highest BCUT2D eigenvalue weighted by molar-refractivity contribution is 7.92. The number of carbonyl (C=O) groups excluding carboxylic acids is 2. The molecule has 32 heavy (non-hydrogen) atoms. The van der Waals surface area contributed by atoms with Crippen molar-refractivity contribution in [3.63, 3.8) is 0 Å². The molecular weight excluding hydrogens is 458 g/mol. The van der Waals surface area contributed by atoms with Crippen molar-refractivity contribution in [2.24, 2.45) is 0 Å². The molecule has 1 saturated heterocycles. The van der Waals surface area contributed by atoms with Crippen LogP contribution in [0.5, 0.6) is 5.75 Å². The zero-order valence-corrected chi connectivity index (χ0v) is 19.1. The Hall–Kier alpha value is -2.98. The molecule has 2 aromatic carbocycles. The summed E-state index contributed by atoms with van der Waals surface area (Å²) >= 11 is 5.81. The van der Waals surface area contributed by atoms with E-state index in [1.807, 2.05) is 0 Å². The van der Waals surface area contributed by atoms with E-state index in [1.54, 1.807) is 41.0 Å². The minimum atomic E-state index is -3.77. The highest BCUT2D eigenvalue weighted by Gasteiger charge is 2.25. The van der Waals surface area contributed by atoms with Crippen LogP contribution in [0.15, 0.2) is 53.4 Å². The minimum Gasteiger partial charge on any atom is -0.484 e. The maximum absolute atomic E-state index is 12.5. The molecule has 1 N–H and O–H groups in total. The Bertz CT molecular complexity index is 1040. The lowest BCUT2D eigenvalue weighted by atomic mass is 10.3. The van der Waals surface area contributed by atoms with E-state index in [4.69, 9.17) is 21.1 Å². The summed E-state index contributed by atoms with van der Waals surface area (Å²) in [5, 5.41) is 0.505. The van der Waals surface area contributed by atoms with Gasteiger partial charge in [0.05, 0.1) is 11.5 Å². The molecule has 0 aromatic heterocycles. The number of benzene rings is 2. The fraction of sp³-hybridized carbons (Fsp3) is 0.333. The van der Waals surface area contributed by atoms with Gasteiger partial charge in [-0.25, -0.2) is 13.2 Å². The number of sulfonamides is 1. The lowest BCUT2D eigenvalue weighted by Gasteiger charge is -2.33. The molecule has 3 rings (SSSR count). The maximum Gasteiger partial charge on any atom is 0.409 e. The predicted molar refractivity (Wildman–Crippen MR) is 119 cm³/mol. The van der Waals surface area contributed by atoms with Gasteiger partial charge in [-0.15, -0.1) is 0 Å². The highest BCUT2D eigenvalue weighted by atomic mass is 35.5. The third-order valence-electron chi connectivity index (χ3n) is 4.75. The summed E-state index contributed by atoms with van der Waals surface area (Å²) in [6.07, 6.45) is -0.378. The zero-order valence-electron chi connectivity index (χ0n) is 17.5. The van der Waals surface area contributed by atoms with Crippen LogP contribution in [0.4, 0.5) is 10.5 Å². The molecule has 0 bridgehead atoms. The van der Waals surface area contributed by atoms with Crippen molar-refractivity contribution < 1.29 is 27.5 Å². The molecule has 1 fully saturated rings. The first kappa shape index (κ1) is 23.7. The second-order valence-electron chi connectivity index (χ2n) is 6.94. The van der Waals surface area contributed by atoms with Gasteiger partial charge in [0, 0.05) is 36.9 Å². The molecule has 0 saturated carbocycles. The summed E-state index contributed by atoms with van der Waals surface area (Å²) in [6, 6.07) is 12.1. The van der Waals surface area contributed by atoms with Gasteiger partial charge in [-0.2, -0.15) is 0 Å². The van der Waals surface area contributed by atoms with Crippen LogP contribution in [0.25, 0.3) is 0 Å². The molecule has 9 nitrogen and oxygen atoms in total. The first-order valence-electron chi connectivity index (χ1n) is 9.99. The molecule has 1 aliphatic heterocycles. The van der Waals surface area contributed by atoms with Crippen LogP contribution in [0.2, 0.25) is 5.02 Å². The number of carbonyl (C=O) groups is 2. The van der Waals surface area contributed by atoms with Gasteiger partial charge in [0.2, 0.25) is 0 Å². The third kappa shape index (κ3) is 6.27. The minimum absolute atomic E-state index is 0.0567. The van der Waals surface area contributed by atoms with E-state index in [-0.39, 0.29) is 23.5 Å². The first-order valence-corrected chi connectivity index (χ1v) is 11.9. The van der Waals surface area contributed by atoms with Crippen molar-refractivity contribution >= 4 is 39.3 Å². The van der Waals surface area contributed by atoms with Crippen molar-refractivity contribution in [1.29, 1.82) is 0 Å². The number of ether oxygens (including phenoxy) is 2. The largest absolute Gasteiger partial charge is 0.484 e. The average molecular weight is 482 g/mol. The topological polar surface area (TPSA) is 105 Å². The Balaban J connectivity index is 1.50. The molecule has 0 atom stereocenters. The van der Waals surface area contributed by atoms with Crippen molar-refractivity contribution in [1.82, 2.24) is 9.80 Å². The number of hydrogen-bond acceptors (Lipinski definition) is 6. The monoisotopic (exact) mass is 481 g/mol. The van der Waals surface area contributed by atoms with Crippen LogP contribution in [0.3, 0.4) is 0 Å². The number of hydrogen-bond donors (Lipinski definition) is 1. The number of piperazine rings is 1. The van der Waals surface area contributed by atoms with Crippen LogP contribution < -0.4 is 9.46 Å². The molecule has 0 unspecified atom stereocenters. The Morgan fingerprint density at radius 2 is 1.56 bits per heavy atom. The first-order chi connectivity index (χ1) is 15.3. The smallest absolute Gasteiger partial charge is 0.409 e. The Kier molecular flexibility index (Phi) is 7.81. The van der Waals surface area contributed by atoms with Gasteiger partial charge in [0.1, 0.15) is 5.75 Å². The van der Waals surface area contributed by atoms with E-state index in [1.165, 1.54) is 24.3 Å². The van der Waals surface area contributed by atoms with Gasteiger partial charge in [-0.3, -0.25) is 9.52 Å². The Labute approximate surface area is 191 Å². The fourth-order valence-corrected chi connectivity index (χ4v) is 4.22. The van der Waals surface area contributed by atoms with Crippen LogP contribution in [0.1, 0.15) is 6.92 Å². The fourth-order valence-electron chi connectivity index (χ4n) is 3.04. The standard InChI is InChI=1S/C21H24ClN3O6S/c1-2-30-21(27)25-13-11-24(12-14-25)20(26)15-31-18-7-9-19(10-8-18)32(28,29)23-17-5-3-16(22)4-6-17/h3-10,23H,2,11-15H2,1H3. The van der Waals surface area contributed by atoms with E-state index in [9.17, 15) is 18.0 Å². The third-order valence-corrected chi connectivity index (χ3v) is 6.40. The van der Waals surface area contributed by atoms with Gasteiger partial charge >= 0.3 is 6.09 Å². The maximum atomic E-state index is 12.5. The number of nitrogens with zero attached hydrogens (tertiary/aromatic N) is 2. The number of rotatable bonds is 7. The molecule has 0 aliphatic carbocycles. The van der Waals surface area contributed by atoms with Crippen molar-refractivity contribution in [3.05, 3.63) is 53.6 Å². The molecule has 172 valence electrons. The van der Waals surface area contributed by atoms with Gasteiger partial charge in [0.25, 0.3) is 15.9 Å². The molecule has 2 amide bonds. The van der Waals surface area contributed by atoms with Crippen LogP contribution in [-0.2, 0) is 19.6 Å². The van der Waals surface area contributed by atoms with Crippen LogP contribution in [0, 0.1) is 0 Å². The van der Waals surface area contributed by atoms with E-state index in [0.717, 1.165) is 0 Å². The summed E-state index contributed by atoms with van der Waals surface area (Å²) in [5.74, 6) is 0.156. The predicted octanol–water partition coefficient (Wildman–Crippen LogP) is 2.82. The molecule has 11 heteroatoms.